The first kappa shape index (κ1) is 13.0. The minimum Gasteiger partial charge on any atom is -0.320 e. The van der Waals surface area contributed by atoms with E-state index in [1.54, 1.807) is 18.2 Å². The molecule has 0 amide bonds. The molecule has 2 rings (SSSR count). The molecule has 0 aliphatic heterocycles. The summed E-state index contributed by atoms with van der Waals surface area (Å²) in [6, 6.07) is 7.98. The summed E-state index contributed by atoms with van der Waals surface area (Å²) in [7, 11) is 0. The summed E-state index contributed by atoms with van der Waals surface area (Å²) in [6.45, 7) is 1.85. The van der Waals surface area contributed by atoms with E-state index >= 15 is 0 Å². The van der Waals surface area contributed by atoms with Gasteiger partial charge in [0.15, 0.2) is 0 Å². The predicted octanol–water partition coefficient (Wildman–Crippen LogP) is 3.97. The van der Waals surface area contributed by atoms with E-state index < -0.39 is 17.7 Å². The number of nitrogens with two attached hydrogens (primary N) is 1. The van der Waals surface area contributed by atoms with Gasteiger partial charge < -0.3 is 5.73 Å². The summed E-state index contributed by atoms with van der Waals surface area (Å²) in [5.74, 6) is -1.26. The molecule has 0 bridgehead atoms. The van der Waals surface area contributed by atoms with Gasteiger partial charge in [0.05, 0.1) is 6.04 Å². The first-order valence-corrected chi connectivity index (χ1v) is 5.83. The molecule has 0 aliphatic carbocycles. The monoisotopic (exact) mass is 267 g/mol. The Morgan fingerprint density at radius 3 is 2.33 bits per heavy atom. The molecule has 2 N–H and O–H groups in total. The Morgan fingerprint density at radius 2 is 1.72 bits per heavy atom. The molecule has 0 spiro atoms. The highest BCUT2D eigenvalue weighted by Gasteiger charge is 2.16. The summed E-state index contributed by atoms with van der Waals surface area (Å²) < 4.78 is 26.5. The highest BCUT2D eigenvalue weighted by atomic mass is 35.5. The maximum atomic E-state index is 13.7. The summed E-state index contributed by atoms with van der Waals surface area (Å²) >= 11 is 5.86. The van der Waals surface area contributed by atoms with Crippen molar-refractivity contribution >= 4 is 11.6 Å². The van der Waals surface area contributed by atoms with Gasteiger partial charge >= 0.3 is 0 Å². The van der Waals surface area contributed by atoms with Crippen molar-refractivity contribution in [2.45, 2.75) is 13.0 Å². The summed E-state index contributed by atoms with van der Waals surface area (Å²) in [4.78, 5) is 0. The zero-order valence-electron chi connectivity index (χ0n) is 9.75. The lowest BCUT2D eigenvalue weighted by molar-refractivity contribution is 0.565. The van der Waals surface area contributed by atoms with Crippen LogP contribution in [0.25, 0.3) is 0 Å². The maximum Gasteiger partial charge on any atom is 0.131 e. The quantitative estimate of drug-likeness (QED) is 0.875. The van der Waals surface area contributed by atoms with Crippen LogP contribution >= 0.6 is 11.6 Å². The average Bonchev–Trinajstić information content (AvgIpc) is 2.28. The van der Waals surface area contributed by atoms with Crippen LogP contribution in [0.2, 0.25) is 5.02 Å². The lowest BCUT2D eigenvalue weighted by atomic mass is 9.95. The standard InChI is InChI=1S/C14H12ClF2N/c1-8-6-9(15)2-4-11(8)14(18)12-5-3-10(16)7-13(12)17/h2-7,14H,18H2,1H3. The van der Waals surface area contributed by atoms with Crippen LogP contribution < -0.4 is 5.73 Å². The topological polar surface area (TPSA) is 26.0 Å². The van der Waals surface area contributed by atoms with Gasteiger partial charge in [-0.1, -0.05) is 23.7 Å². The first-order chi connectivity index (χ1) is 8.49. The van der Waals surface area contributed by atoms with Crippen LogP contribution in [0.5, 0.6) is 0 Å². The molecule has 0 aliphatic rings. The van der Waals surface area contributed by atoms with E-state index in [0.717, 1.165) is 17.2 Å². The summed E-state index contributed by atoms with van der Waals surface area (Å²) in [5.41, 5.74) is 7.92. The van der Waals surface area contributed by atoms with Crippen molar-refractivity contribution in [3.05, 3.63) is 69.7 Å². The third kappa shape index (κ3) is 2.52. The van der Waals surface area contributed by atoms with Gasteiger partial charge in [0.1, 0.15) is 11.6 Å². The highest BCUT2D eigenvalue weighted by Crippen LogP contribution is 2.26. The van der Waals surface area contributed by atoms with Crippen molar-refractivity contribution in [3.8, 4) is 0 Å². The van der Waals surface area contributed by atoms with Gasteiger partial charge in [-0.15, -0.1) is 0 Å². The third-order valence-electron chi connectivity index (χ3n) is 2.86. The zero-order valence-corrected chi connectivity index (χ0v) is 10.5. The highest BCUT2D eigenvalue weighted by molar-refractivity contribution is 6.30. The second-order valence-electron chi connectivity index (χ2n) is 4.14. The van der Waals surface area contributed by atoms with E-state index in [9.17, 15) is 8.78 Å². The summed E-state index contributed by atoms with van der Waals surface area (Å²) in [5, 5.41) is 0.600. The van der Waals surface area contributed by atoms with Gasteiger partial charge in [-0.05, 0) is 36.2 Å². The van der Waals surface area contributed by atoms with Crippen LogP contribution in [0.3, 0.4) is 0 Å². The molecule has 0 saturated heterocycles. The largest absolute Gasteiger partial charge is 0.320 e. The molecule has 0 fully saturated rings. The van der Waals surface area contributed by atoms with Crippen LogP contribution in [0.4, 0.5) is 8.78 Å². The van der Waals surface area contributed by atoms with Crippen LogP contribution in [-0.2, 0) is 0 Å². The van der Waals surface area contributed by atoms with Gasteiger partial charge in [0, 0.05) is 16.7 Å². The number of halogens is 3. The van der Waals surface area contributed by atoms with Crippen LogP contribution in [0, 0.1) is 18.6 Å². The Kier molecular flexibility index (Phi) is 3.64. The third-order valence-corrected chi connectivity index (χ3v) is 3.10. The molecule has 1 nitrogen and oxygen atoms in total. The first-order valence-electron chi connectivity index (χ1n) is 5.45. The molecule has 0 aromatic heterocycles. The molecule has 0 heterocycles. The molecule has 1 atom stereocenters. The smallest absolute Gasteiger partial charge is 0.131 e. The van der Waals surface area contributed by atoms with E-state index in [4.69, 9.17) is 17.3 Å². The van der Waals surface area contributed by atoms with Gasteiger partial charge in [-0.3, -0.25) is 0 Å². The van der Waals surface area contributed by atoms with Gasteiger partial charge in [0.25, 0.3) is 0 Å². The Labute approximate surface area is 109 Å². The second kappa shape index (κ2) is 5.04. The van der Waals surface area contributed by atoms with Crippen LogP contribution in [-0.4, -0.2) is 0 Å². The Morgan fingerprint density at radius 1 is 1.06 bits per heavy atom. The second-order valence-corrected chi connectivity index (χ2v) is 4.58. The van der Waals surface area contributed by atoms with Gasteiger partial charge in [-0.2, -0.15) is 0 Å². The number of hydrogen-bond donors (Lipinski definition) is 1. The van der Waals surface area contributed by atoms with Gasteiger partial charge in [-0.25, -0.2) is 8.78 Å². The van der Waals surface area contributed by atoms with Gasteiger partial charge in [0.2, 0.25) is 0 Å². The van der Waals surface area contributed by atoms with Crippen molar-refractivity contribution in [2.24, 2.45) is 5.73 Å². The number of benzene rings is 2. The van der Waals surface area contributed by atoms with E-state index in [2.05, 4.69) is 0 Å². The molecule has 18 heavy (non-hydrogen) atoms. The van der Waals surface area contributed by atoms with Crippen molar-refractivity contribution in [3.63, 3.8) is 0 Å². The van der Waals surface area contributed by atoms with E-state index in [1.807, 2.05) is 6.92 Å². The normalized spacial score (nSPS) is 12.5. The SMILES string of the molecule is Cc1cc(Cl)ccc1C(N)c1ccc(F)cc1F. The minimum atomic E-state index is -0.642. The fourth-order valence-corrected chi connectivity index (χ4v) is 2.14. The number of aryl methyl sites for hydroxylation is 1. The molecular weight excluding hydrogens is 256 g/mol. The molecule has 0 saturated carbocycles. The minimum absolute atomic E-state index is 0.266. The van der Waals surface area contributed by atoms with Crippen molar-refractivity contribution in [2.75, 3.05) is 0 Å². The lowest BCUT2D eigenvalue weighted by Crippen LogP contribution is -2.15. The molecule has 4 heteroatoms. The van der Waals surface area contributed by atoms with Crippen LogP contribution in [0.15, 0.2) is 36.4 Å². The van der Waals surface area contributed by atoms with E-state index in [1.165, 1.54) is 12.1 Å². The molecule has 2 aromatic rings. The van der Waals surface area contributed by atoms with Crippen molar-refractivity contribution in [1.82, 2.24) is 0 Å². The molecule has 2 aromatic carbocycles. The Bertz CT molecular complexity index is 533. The van der Waals surface area contributed by atoms with E-state index in [-0.39, 0.29) is 5.56 Å². The van der Waals surface area contributed by atoms with Crippen LogP contribution in [0.1, 0.15) is 22.7 Å². The molecule has 94 valence electrons. The predicted molar refractivity (Wildman–Crippen MR) is 68.6 cm³/mol. The molecule has 0 radical (unpaired) electrons. The molecular formula is C14H12ClF2N. The van der Waals surface area contributed by atoms with Crippen molar-refractivity contribution < 1.29 is 8.78 Å². The average molecular weight is 268 g/mol. The molecule has 1 unspecified atom stereocenters. The zero-order chi connectivity index (χ0) is 13.3. The van der Waals surface area contributed by atoms with Crippen molar-refractivity contribution in [1.29, 1.82) is 0 Å². The fourth-order valence-electron chi connectivity index (χ4n) is 1.91. The summed E-state index contributed by atoms with van der Waals surface area (Å²) in [6.07, 6.45) is 0. The van der Waals surface area contributed by atoms with E-state index in [0.29, 0.717) is 5.02 Å². The maximum absolute atomic E-state index is 13.7. The number of rotatable bonds is 2. The Balaban J connectivity index is 2.44. The number of hydrogen-bond acceptors (Lipinski definition) is 1. The Hall–Kier alpha value is -1.45. The lowest BCUT2D eigenvalue weighted by Gasteiger charge is -2.16. The fraction of sp³-hybridized carbons (Fsp3) is 0.143.